The highest BCUT2D eigenvalue weighted by atomic mass is 16.4. The average molecular weight is 397 g/mol. The van der Waals surface area contributed by atoms with Crippen molar-refractivity contribution in [3.8, 4) is 11.1 Å². The molecule has 3 N–H and O–H groups in total. The Morgan fingerprint density at radius 1 is 0.862 bits per heavy atom. The topological polar surface area (TPSA) is 78.4 Å². The zero-order chi connectivity index (χ0) is 21.4. The van der Waals surface area contributed by atoms with E-state index in [9.17, 15) is 14.7 Å². The first-order chi connectivity index (χ1) is 13.8. The molecule has 1 amide bonds. The van der Waals surface area contributed by atoms with Crippen molar-refractivity contribution >= 4 is 11.9 Å². The number of amides is 1. The van der Waals surface area contributed by atoms with Crippen LogP contribution in [0.3, 0.4) is 0 Å². The molecule has 0 unspecified atom stereocenters. The molecule has 0 aromatic heterocycles. The minimum absolute atomic E-state index is 0.0997. The summed E-state index contributed by atoms with van der Waals surface area (Å²) in [7, 11) is 0. The van der Waals surface area contributed by atoms with Gasteiger partial charge >= 0.3 is 5.97 Å². The van der Waals surface area contributed by atoms with Gasteiger partial charge in [0.2, 0.25) is 5.91 Å². The van der Waals surface area contributed by atoms with Crippen LogP contribution in [0, 0.1) is 5.92 Å². The first kappa shape index (κ1) is 22.6. The molecule has 0 radical (unpaired) electrons. The van der Waals surface area contributed by atoms with Crippen molar-refractivity contribution in [2.24, 2.45) is 5.92 Å². The standard InChI is InChI=1S/C24H32N2O3/c1-16(2)14-22(24(28)29)26-23(27)21(25-17(3)4)15-18-10-12-20(13-11-18)19-8-6-5-7-9-19/h5-13,16-17,21-22,25H,14-15H2,1-4H3,(H,26,27)(H,28,29)/t21-,22-/m0/s1. The SMILES string of the molecule is CC(C)C[C@H](NC(=O)[C@H](Cc1ccc(-c2ccccc2)cc1)NC(C)C)C(=O)O. The number of aliphatic carboxylic acids is 1. The molecule has 0 aliphatic heterocycles. The van der Waals surface area contributed by atoms with Crippen LogP contribution < -0.4 is 10.6 Å². The van der Waals surface area contributed by atoms with E-state index in [0.29, 0.717) is 12.8 Å². The summed E-state index contributed by atoms with van der Waals surface area (Å²) < 4.78 is 0. The highest BCUT2D eigenvalue weighted by Crippen LogP contribution is 2.20. The van der Waals surface area contributed by atoms with Crippen molar-refractivity contribution in [3.63, 3.8) is 0 Å². The maximum atomic E-state index is 12.8. The number of carboxylic acids is 1. The Labute approximate surface area is 173 Å². The molecule has 2 aromatic carbocycles. The van der Waals surface area contributed by atoms with Crippen molar-refractivity contribution in [2.75, 3.05) is 0 Å². The lowest BCUT2D eigenvalue weighted by atomic mass is 9.99. The fourth-order valence-electron chi connectivity index (χ4n) is 3.29. The zero-order valence-corrected chi connectivity index (χ0v) is 17.7. The van der Waals surface area contributed by atoms with Crippen LogP contribution in [0.5, 0.6) is 0 Å². The second kappa shape index (κ2) is 10.8. The van der Waals surface area contributed by atoms with Crippen LogP contribution in [0.25, 0.3) is 11.1 Å². The fraction of sp³-hybridized carbons (Fsp3) is 0.417. The van der Waals surface area contributed by atoms with Gasteiger partial charge in [-0.15, -0.1) is 0 Å². The lowest BCUT2D eigenvalue weighted by Gasteiger charge is -2.24. The summed E-state index contributed by atoms with van der Waals surface area (Å²) in [5, 5.41) is 15.4. The molecule has 0 fully saturated rings. The van der Waals surface area contributed by atoms with Crippen LogP contribution in [0.2, 0.25) is 0 Å². The summed E-state index contributed by atoms with van der Waals surface area (Å²) in [6, 6.07) is 17.0. The van der Waals surface area contributed by atoms with Gasteiger partial charge in [-0.3, -0.25) is 4.79 Å². The van der Waals surface area contributed by atoms with E-state index in [1.165, 1.54) is 0 Å². The van der Waals surface area contributed by atoms with Crippen LogP contribution in [0.1, 0.15) is 39.7 Å². The number of carboxylic acid groups (broad SMARTS) is 1. The highest BCUT2D eigenvalue weighted by Gasteiger charge is 2.26. The number of nitrogens with one attached hydrogen (secondary N) is 2. The Bertz CT molecular complexity index is 786. The van der Waals surface area contributed by atoms with Crippen LogP contribution in [0.4, 0.5) is 0 Å². The highest BCUT2D eigenvalue weighted by molar-refractivity contribution is 5.87. The molecule has 0 heterocycles. The summed E-state index contributed by atoms with van der Waals surface area (Å²) in [4.78, 5) is 24.3. The van der Waals surface area contributed by atoms with Gasteiger partial charge in [-0.05, 0) is 35.4 Å². The van der Waals surface area contributed by atoms with Gasteiger partial charge in [-0.25, -0.2) is 4.79 Å². The summed E-state index contributed by atoms with van der Waals surface area (Å²) >= 11 is 0. The second-order valence-electron chi connectivity index (χ2n) is 8.17. The normalized spacial score (nSPS) is 13.3. The molecule has 2 atom stereocenters. The molecule has 0 saturated heterocycles. The van der Waals surface area contributed by atoms with Crippen molar-refractivity contribution in [1.82, 2.24) is 10.6 Å². The summed E-state index contributed by atoms with van der Waals surface area (Å²) in [6.45, 7) is 7.84. The first-order valence-corrected chi connectivity index (χ1v) is 10.2. The first-order valence-electron chi connectivity index (χ1n) is 10.2. The van der Waals surface area contributed by atoms with E-state index in [0.717, 1.165) is 16.7 Å². The Kier molecular flexibility index (Phi) is 8.40. The predicted molar refractivity (Wildman–Crippen MR) is 117 cm³/mol. The molecule has 5 heteroatoms. The number of benzene rings is 2. The molecule has 29 heavy (non-hydrogen) atoms. The van der Waals surface area contributed by atoms with Gasteiger partial charge in [0, 0.05) is 6.04 Å². The van der Waals surface area contributed by atoms with Gasteiger partial charge in [-0.1, -0.05) is 82.3 Å². The average Bonchev–Trinajstić information content (AvgIpc) is 2.67. The van der Waals surface area contributed by atoms with E-state index >= 15 is 0 Å². The minimum Gasteiger partial charge on any atom is -0.480 e. The molecule has 0 aliphatic carbocycles. The zero-order valence-electron chi connectivity index (χ0n) is 17.7. The van der Waals surface area contributed by atoms with Crippen LogP contribution in [-0.4, -0.2) is 35.1 Å². The summed E-state index contributed by atoms with van der Waals surface area (Å²) in [6.07, 6.45) is 0.897. The van der Waals surface area contributed by atoms with Crippen molar-refractivity contribution in [1.29, 1.82) is 0 Å². The molecule has 5 nitrogen and oxygen atoms in total. The van der Waals surface area contributed by atoms with Gasteiger partial charge in [0.15, 0.2) is 0 Å². The van der Waals surface area contributed by atoms with E-state index in [2.05, 4.69) is 22.8 Å². The minimum atomic E-state index is -0.998. The van der Waals surface area contributed by atoms with Gasteiger partial charge in [-0.2, -0.15) is 0 Å². The van der Waals surface area contributed by atoms with E-state index in [-0.39, 0.29) is 17.9 Å². The van der Waals surface area contributed by atoms with Crippen molar-refractivity contribution < 1.29 is 14.7 Å². The number of hydrogen-bond donors (Lipinski definition) is 3. The predicted octanol–water partition coefficient (Wildman–Crippen LogP) is 3.88. The number of rotatable bonds is 10. The molecule has 2 rings (SSSR count). The molecule has 2 aromatic rings. The molecule has 0 saturated carbocycles. The smallest absolute Gasteiger partial charge is 0.326 e. The monoisotopic (exact) mass is 396 g/mol. The van der Waals surface area contributed by atoms with Gasteiger partial charge < -0.3 is 15.7 Å². The molecular formula is C24H32N2O3. The van der Waals surface area contributed by atoms with Crippen LogP contribution in [0.15, 0.2) is 54.6 Å². The molecule has 0 bridgehead atoms. The molecule has 156 valence electrons. The Morgan fingerprint density at radius 2 is 1.45 bits per heavy atom. The van der Waals surface area contributed by atoms with Gasteiger partial charge in [0.1, 0.15) is 6.04 Å². The third-order valence-corrected chi connectivity index (χ3v) is 4.67. The Hall–Kier alpha value is -2.66. The number of carbonyl (C=O) groups excluding carboxylic acids is 1. The van der Waals surface area contributed by atoms with E-state index < -0.39 is 18.1 Å². The second-order valence-corrected chi connectivity index (χ2v) is 8.17. The quantitative estimate of drug-likeness (QED) is 0.569. The third-order valence-electron chi connectivity index (χ3n) is 4.67. The van der Waals surface area contributed by atoms with Crippen LogP contribution in [-0.2, 0) is 16.0 Å². The van der Waals surface area contributed by atoms with E-state index in [4.69, 9.17) is 0 Å². The fourth-order valence-corrected chi connectivity index (χ4v) is 3.29. The summed E-state index contributed by atoms with van der Waals surface area (Å²) in [5.41, 5.74) is 3.29. The lowest BCUT2D eigenvalue weighted by Crippen LogP contribution is -2.52. The van der Waals surface area contributed by atoms with E-state index in [1.807, 2.05) is 70.2 Å². The number of hydrogen-bond acceptors (Lipinski definition) is 3. The maximum Gasteiger partial charge on any atom is 0.326 e. The lowest BCUT2D eigenvalue weighted by molar-refractivity contribution is -0.142. The molecule has 0 aliphatic rings. The third kappa shape index (κ3) is 7.35. The Morgan fingerprint density at radius 3 is 1.97 bits per heavy atom. The molecular weight excluding hydrogens is 364 g/mol. The molecule has 0 spiro atoms. The van der Waals surface area contributed by atoms with Gasteiger partial charge in [0.05, 0.1) is 6.04 Å². The van der Waals surface area contributed by atoms with E-state index in [1.54, 1.807) is 0 Å². The summed E-state index contributed by atoms with van der Waals surface area (Å²) in [5.74, 6) is -1.10. The van der Waals surface area contributed by atoms with Crippen molar-refractivity contribution in [3.05, 3.63) is 60.2 Å². The number of carbonyl (C=O) groups is 2. The maximum absolute atomic E-state index is 12.8. The van der Waals surface area contributed by atoms with Crippen LogP contribution >= 0.6 is 0 Å². The largest absolute Gasteiger partial charge is 0.480 e. The van der Waals surface area contributed by atoms with Crippen molar-refractivity contribution in [2.45, 2.75) is 58.7 Å². The Balaban J connectivity index is 2.11. The van der Waals surface area contributed by atoms with Gasteiger partial charge in [0.25, 0.3) is 0 Å².